The number of thiazole rings is 1. The number of nitrogens with zero attached hydrogens (tertiary/aromatic N) is 1. The highest BCUT2D eigenvalue weighted by Gasteiger charge is 2.16. The molecule has 0 fully saturated rings. The highest BCUT2D eigenvalue weighted by atomic mass is 32.2. The van der Waals surface area contributed by atoms with Gasteiger partial charge in [0, 0.05) is 21.9 Å². The second-order valence-corrected chi connectivity index (χ2v) is 7.23. The smallest absolute Gasteiger partial charge is 0.123 e. The van der Waals surface area contributed by atoms with Gasteiger partial charge in [0.25, 0.3) is 0 Å². The van der Waals surface area contributed by atoms with Gasteiger partial charge in [0.1, 0.15) is 5.01 Å². The van der Waals surface area contributed by atoms with Crippen LogP contribution in [0.15, 0.2) is 36.5 Å². The molecule has 2 rings (SSSR count). The molecule has 0 amide bonds. The third kappa shape index (κ3) is 3.72. The zero-order chi connectivity index (χ0) is 13.8. The van der Waals surface area contributed by atoms with Crippen molar-refractivity contribution in [2.45, 2.75) is 31.4 Å². The van der Waals surface area contributed by atoms with Crippen LogP contribution in [0, 0.1) is 0 Å². The lowest BCUT2D eigenvalue weighted by atomic mass is 10.1. The van der Waals surface area contributed by atoms with E-state index in [1.54, 1.807) is 11.3 Å². The minimum Gasteiger partial charge on any atom is -0.252 e. The summed E-state index contributed by atoms with van der Waals surface area (Å²) < 4.78 is 11.2. The fourth-order valence-corrected chi connectivity index (χ4v) is 3.40. The van der Waals surface area contributed by atoms with Gasteiger partial charge in [-0.25, -0.2) is 9.19 Å². The third-order valence-corrected chi connectivity index (χ3v) is 5.38. The second-order valence-electron chi connectivity index (χ2n) is 4.71. The van der Waals surface area contributed by atoms with E-state index in [0.29, 0.717) is 5.92 Å². The first-order valence-corrected chi connectivity index (χ1v) is 8.33. The first-order valence-electron chi connectivity index (χ1n) is 6.24. The number of benzene rings is 1. The second kappa shape index (κ2) is 6.41. The predicted octanol–water partition coefficient (Wildman–Crippen LogP) is 3.31. The van der Waals surface area contributed by atoms with Gasteiger partial charge in [0.15, 0.2) is 0 Å². The van der Waals surface area contributed by atoms with Crippen molar-refractivity contribution in [3.63, 3.8) is 0 Å². The Kier molecular flexibility index (Phi) is 4.85. The third-order valence-electron chi connectivity index (χ3n) is 3.11. The zero-order valence-corrected chi connectivity index (χ0v) is 12.7. The largest absolute Gasteiger partial charge is 0.252 e. The van der Waals surface area contributed by atoms with Crippen LogP contribution >= 0.6 is 11.3 Å². The molecule has 5 heteroatoms. The molecule has 0 spiro atoms. The lowest BCUT2D eigenvalue weighted by molar-refractivity contribution is 0.639. The molecular weight excluding hydrogens is 276 g/mol. The lowest BCUT2D eigenvalue weighted by Gasteiger charge is -2.12. The predicted molar refractivity (Wildman–Crippen MR) is 82.4 cm³/mol. The summed E-state index contributed by atoms with van der Waals surface area (Å²) in [5, 5.41) is 6.46. The van der Waals surface area contributed by atoms with Crippen molar-refractivity contribution in [3.8, 4) is 10.6 Å². The summed E-state index contributed by atoms with van der Waals surface area (Å²) in [6, 6.07) is 10.1. The zero-order valence-electron chi connectivity index (χ0n) is 11.1. The molecule has 0 radical (unpaired) electrons. The van der Waals surface area contributed by atoms with Crippen LogP contribution in [0.1, 0.15) is 31.1 Å². The number of nitrogens with two attached hydrogens (primary N) is 1. The fraction of sp³-hybridized carbons (Fsp3) is 0.357. The molecular formula is C14H18N2OS2. The molecule has 0 aliphatic rings. The number of hydrogen-bond acceptors (Lipinski definition) is 3. The highest BCUT2D eigenvalue weighted by Crippen LogP contribution is 2.31. The van der Waals surface area contributed by atoms with E-state index in [2.05, 4.69) is 24.0 Å². The Labute approximate surface area is 120 Å². The van der Waals surface area contributed by atoms with Gasteiger partial charge < -0.3 is 0 Å². The van der Waals surface area contributed by atoms with E-state index >= 15 is 0 Å². The average molecular weight is 294 g/mol. The summed E-state index contributed by atoms with van der Waals surface area (Å²) in [4.78, 5) is 5.69. The topological polar surface area (TPSA) is 56.0 Å². The molecule has 1 heterocycles. The monoisotopic (exact) mass is 294 g/mol. The van der Waals surface area contributed by atoms with Gasteiger partial charge in [0.2, 0.25) is 0 Å². The Morgan fingerprint density at radius 1 is 1.32 bits per heavy atom. The first-order chi connectivity index (χ1) is 9.08. The highest BCUT2D eigenvalue weighted by molar-refractivity contribution is 7.83. The van der Waals surface area contributed by atoms with Crippen LogP contribution in [0.3, 0.4) is 0 Å². The fourth-order valence-electron chi connectivity index (χ4n) is 1.94. The average Bonchev–Trinajstić information content (AvgIpc) is 2.89. The maximum absolute atomic E-state index is 11.2. The van der Waals surface area contributed by atoms with E-state index in [1.807, 2.05) is 31.3 Å². The van der Waals surface area contributed by atoms with Crippen LogP contribution in [0.4, 0.5) is 0 Å². The van der Waals surface area contributed by atoms with Crippen LogP contribution in [0.2, 0.25) is 0 Å². The van der Waals surface area contributed by atoms with Gasteiger partial charge in [-0.1, -0.05) is 37.3 Å². The van der Waals surface area contributed by atoms with Crippen molar-refractivity contribution in [1.29, 1.82) is 0 Å². The molecule has 2 aromatic rings. The van der Waals surface area contributed by atoms with Crippen LogP contribution in [-0.4, -0.2) is 14.4 Å². The van der Waals surface area contributed by atoms with E-state index in [4.69, 9.17) is 5.14 Å². The Hall–Kier alpha value is -1.04. The number of hydrogen-bond donors (Lipinski definition) is 1. The molecule has 1 aromatic heterocycles. The number of aromatic nitrogens is 1. The SMILES string of the molecule is CC(C[C@@H](C)c1cnc(-c2ccccc2)s1)S(N)=O. The van der Waals surface area contributed by atoms with E-state index in [0.717, 1.165) is 17.0 Å². The van der Waals surface area contributed by atoms with Crippen molar-refractivity contribution in [3.05, 3.63) is 41.4 Å². The molecule has 0 saturated heterocycles. The van der Waals surface area contributed by atoms with Gasteiger partial charge in [-0.05, 0) is 19.3 Å². The minimum absolute atomic E-state index is 0.0114. The van der Waals surface area contributed by atoms with Crippen LogP contribution in [0.25, 0.3) is 10.6 Å². The summed E-state index contributed by atoms with van der Waals surface area (Å²) in [7, 11) is -1.25. The molecule has 2 unspecified atom stereocenters. The summed E-state index contributed by atoms with van der Waals surface area (Å²) in [6.07, 6.45) is 2.74. The summed E-state index contributed by atoms with van der Waals surface area (Å²) >= 11 is 1.70. The van der Waals surface area contributed by atoms with E-state index in [-0.39, 0.29) is 5.25 Å². The van der Waals surface area contributed by atoms with Crippen LogP contribution < -0.4 is 5.14 Å². The molecule has 2 N–H and O–H groups in total. The molecule has 1 aromatic carbocycles. The van der Waals surface area contributed by atoms with E-state index < -0.39 is 11.0 Å². The molecule has 0 aliphatic heterocycles. The summed E-state index contributed by atoms with van der Waals surface area (Å²) in [5.74, 6) is 0.331. The molecule has 102 valence electrons. The number of rotatable bonds is 5. The van der Waals surface area contributed by atoms with Crippen molar-refractivity contribution in [2.24, 2.45) is 5.14 Å². The summed E-state index contributed by atoms with van der Waals surface area (Å²) in [6.45, 7) is 4.05. The Balaban J connectivity index is 2.11. The Bertz CT molecular complexity index is 554. The molecule has 3 atom stereocenters. The lowest BCUT2D eigenvalue weighted by Crippen LogP contribution is -2.19. The van der Waals surface area contributed by atoms with E-state index in [1.165, 1.54) is 4.88 Å². The Morgan fingerprint density at radius 3 is 2.63 bits per heavy atom. The maximum Gasteiger partial charge on any atom is 0.123 e. The van der Waals surface area contributed by atoms with Gasteiger partial charge in [-0.15, -0.1) is 11.3 Å². The van der Waals surface area contributed by atoms with Crippen molar-refractivity contribution in [1.82, 2.24) is 4.98 Å². The van der Waals surface area contributed by atoms with Crippen LogP contribution in [0.5, 0.6) is 0 Å². The quantitative estimate of drug-likeness (QED) is 0.919. The Morgan fingerprint density at radius 2 is 2.00 bits per heavy atom. The van der Waals surface area contributed by atoms with Gasteiger partial charge in [-0.2, -0.15) is 0 Å². The van der Waals surface area contributed by atoms with Gasteiger partial charge in [0.05, 0.1) is 11.0 Å². The van der Waals surface area contributed by atoms with Gasteiger partial charge in [-0.3, -0.25) is 5.14 Å². The van der Waals surface area contributed by atoms with E-state index in [9.17, 15) is 4.21 Å². The standard InChI is InChI=1S/C14H18N2OS2/c1-10(8-11(2)19(15)17)13-9-16-14(18-13)12-6-4-3-5-7-12/h3-7,9-11H,8,15H2,1-2H3/t10-,11?,19?/m1/s1. The maximum atomic E-state index is 11.2. The molecule has 0 aliphatic carbocycles. The van der Waals surface area contributed by atoms with Crippen molar-refractivity contribution >= 4 is 22.3 Å². The molecule has 19 heavy (non-hydrogen) atoms. The first kappa shape index (κ1) is 14.4. The van der Waals surface area contributed by atoms with Gasteiger partial charge >= 0.3 is 0 Å². The van der Waals surface area contributed by atoms with Crippen molar-refractivity contribution in [2.75, 3.05) is 0 Å². The molecule has 0 bridgehead atoms. The van der Waals surface area contributed by atoms with Crippen molar-refractivity contribution < 1.29 is 4.21 Å². The van der Waals surface area contributed by atoms with Crippen LogP contribution in [-0.2, 0) is 11.0 Å². The molecule has 0 saturated carbocycles. The summed E-state index contributed by atoms with van der Waals surface area (Å²) in [5.41, 5.74) is 1.14. The normalized spacial score (nSPS) is 15.9. The minimum atomic E-state index is -1.25. The molecule has 3 nitrogen and oxygen atoms in total.